The van der Waals surface area contributed by atoms with Crippen molar-refractivity contribution < 1.29 is 18.8 Å². The van der Waals surface area contributed by atoms with Crippen LogP contribution in [0.15, 0.2) is 30.3 Å². The molecule has 0 heterocycles. The standard InChI is InChI=1S/C20H28O4Si/c1-14(21)20(18(22)23-5)12-17(20)16-11-9-8-10-15(16)13-24-25(6,7)19(2,3)4/h8-12H,13H2,1-7H3/t20-/m0/s1. The van der Waals surface area contributed by atoms with Gasteiger partial charge in [0.25, 0.3) is 0 Å². The first-order valence-corrected chi connectivity index (χ1v) is 11.4. The molecule has 25 heavy (non-hydrogen) atoms. The zero-order chi connectivity index (χ0) is 19.0. The lowest BCUT2D eigenvalue weighted by atomic mass is 9.90. The molecule has 4 nitrogen and oxygen atoms in total. The van der Waals surface area contributed by atoms with Crippen LogP contribution >= 0.6 is 0 Å². The summed E-state index contributed by atoms with van der Waals surface area (Å²) < 4.78 is 11.2. The molecule has 0 fully saturated rings. The Bertz CT molecular complexity index is 727. The van der Waals surface area contributed by atoms with Crippen molar-refractivity contribution in [3.8, 4) is 0 Å². The van der Waals surface area contributed by atoms with E-state index in [0.717, 1.165) is 16.7 Å². The third-order valence-corrected chi connectivity index (χ3v) is 9.95. The van der Waals surface area contributed by atoms with E-state index in [1.807, 2.05) is 24.3 Å². The van der Waals surface area contributed by atoms with Gasteiger partial charge in [-0.15, -0.1) is 0 Å². The summed E-state index contributed by atoms with van der Waals surface area (Å²) in [5.74, 6) is -0.732. The molecule has 0 spiro atoms. The molecule has 0 radical (unpaired) electrons. The predicted molar refractivity (Wildman–Crippen MR) is 102 cm³/mol. The maximum Gasteiger partial charge on any atom is 0.327 e. The Morgan fingerprint density at radius 1 is 1.16 bits per heavy atom. The van der Waals surface area contributed by atoms with Crippen LogP contribution < -0.4 is 0 Å². The van der Waals surface area contributed by atoms with Crippen LogP contribution in [0.4, 0.5) is 0 Å². The molecule has 0 N–H and O–H groups in total. The molecule has 0 amide bonds. The van der Waals surface area contributed by atoms with Crippen LogP contribution in [0.1, 0.15) is 38.8 Å². The minimum atomic E-state index is -1.89. The number of esters is 1. The van der Waals surface area contributed by atoms with Crippen LogP contribution in [0.2, 0.25) is 18.1 Å². The molecule has 0 unspecified atom stereocenters. The molecule has 1 aliphatic carbocycles. The molecule has 0 bridgehead atoms. The number of ether oxygens (including phenoxy) is 1. The highest BCUT2D eigenvalue weighted by atomic mass is 28.4. The second-order valence-corrected chi connectivity index (χ2v) is 12.9. The van der Waals surface area contributed by atoms with Crippen LogP contribution in [0.25, 0.3) is 5.57 Å². The van der Waals surface area contributed by atoms with Gasteiger partial charge in [0.15, 0.2) is 19.5 Å². The lowest BCUT2D eigenvalue weighted by molar-refractivity contribution is -0.148. The number of hydrogen-bond acceptors (Lipinski definition) is 4. The molecule has 5 heteroatoms. The normalized spacial score (nSPS) is 20.0. The third-order valence-electron chi connectivity index (χ3n) is 5.47. The molecule has 0 aromatic heterocycles. The Labute approximate surface area is 151 Å². The Morgan fingerprint density at radius 3 is 2.28 bits per heavy atom. The van der Waals surface area contributed by atoms with E-state index in [-0.39, 0.29) is 10.8 Å². The predicted octanol–water partition coefficient (Wildman–Crippen LogP) is 4.35. The fraction of sp³-hybridized carbons (Fsp3) is 0.500. The van der Waals surface area contributed by atoms with Gasteiger partial charge in [-0.2, -0.15) is 0 Å². The first-order chi connectivity index (χ1) is 11.5. The first kappa shape index (κ1) is 19.6. The minimum absolute atomic E-state index is 0.121. The van der Waals surface area contributed by atoms with Gasteiger partial charge in [-0.3, -0.25) is 9.59 Å². The number of ketones is 1. The van der Waals surface area contributed by atoms with Crippen molar-refractivity contribution >= 4 is 25.6 Å². The van der Waals surface area contributed by atoms with Gasteiger partial charge in [-0.25, -0.2) is 0 Å². The molecule has 0 saturated heterocycles. The molecule has 1 aromatic carbocycles. The topological polar surface area (TPSA) is 52.6 Å². The molecule has 1 atom stereocenters. The Hall–Kier alpha value is -1.72. The lowest BCUT2D eigenvalue weighted by Crippen LogP contribution is -2.40. The summed E-state index contributed by atoms with van der Waals surface area (Å²) >= 11 is 0. The van der Waals surface area contributed by atoms with E-state index in [2.05, 4.69) is 33.9 Å². The number of hydrogen-bond donors (Lipinski definition) is 0. The highest BCUT2D eigenvalue weighted by Crippen LogP contribution is 2.53. The Kier molecular flexibility index (Phi) is 5.13. The molecule has 1 aliphatic rings. The van der Waals surface area contributed by atoms with Crippen LogP contribution in [0, 0.1) is 5.41 Å². The second-order valence-electron chi connectivity index (χ2n) is 8.12. The van der Waals surface area contributed by atoms with Gasteiger partial charge in [-0.05, 0) is 47.8 Å². The molecule has 136 valence electrons. The second kappa shape index (κ2) is 6.54. The van der Waals surface area contributed by atoms with Gasteiger partial charge in [-0.1, -0.05) is 45.0 Å². The fourth-order valence-electron chi connectivity index (χ4n) is 2.62. The van der Waals surface area contributed by atoms with Gasteiger partial charge >= 0.3 is 5.97 Å². The molecule has 0 saturated carbocycles. The van der Waals surface area contributed by atoms with E-state index < -0.39 is 19.7 Å². The number of carbonyl (C=O) groups excluding carboxylic acids is 2. The maximum absolute atomic E-state index is 12.2. The highest BCUT2D eigenvalue weighted by molar-refractivity contribution is 6.74. The number of benzene rings is 1. The van der Waals surface area contributed by atoms with Crippen LogP contribution in [0.5, 0.6) is 0 Å². The fourth-order valence-corrected chi connectivity index (χ4v) is 3.57. The van der Waals surface area contributed by atoms with Crippen molar-refractivity contribution in [1.29, 1.82) is 0 Å². The minimum Gasteiger partial charge on any atom is -0.468 e. The van der Waals surface area contributed by atoms with E-state index in [1.165, 1.54) is 14.0 Å². The summed E-state index contributed by atoms with van der Waals surface area (Å²) in [5, 5.41) is 0.121. The number of rotatable bonds is 6. The first-order valence-electron chi connectivity index (χ1n) is 8.52. The summed E-state index contributed by atoms with van der Waals surface area (Å²) in [5.41, 5.74) is 1.38. The van der Waals surface area contributed by atoms with Gasteiger partial charge in [0, 0.05) is 0 Å². The van der Waals surface area contributed by atoms with Gasteiger partial charge in [0.05, 0.1) is 13.7 Å². The maximum atomic E-state index is 12.2. The van der Waals surface area contributed by atoms with Crippen molar-refractivity contribution in [2.24, 2.45) is 5.41 Å². The van der Waals surface area contributed by atoms with E-state index in [1.54, 1.807) is 6.08 Å². The van der Waals surface area contributed by atoms with Crippen molar-refractivity contribution in [3.05, 3.63) is 41.5 Å². The molecule has 2 rings (SSSR count). The van der Waals surface area contributed by atoms with Crippen molar-refractivity contribution in [1.82, 2.24) is 0 Å². The smallest absolute Gasteiger partial charge is 0.327 e. The molecule has 1 aromatic rings. The quantitative estimate of drug-likeness (QED) is 0.430. The monoisotopic (exact) mass is 360 g/mol. The molecular formula is C20H28O4Si. The van der Waals surface area contributed by atoms with Gasteiger partial charge < -0.3 is 9.16 Å². The number of methoxy groups -OCH3 is 1. The number of carbonyl (C=O) groups is 2. The lowest BCUT2D eigenvalue weighted by Gasteiger charge is -2.36. The van der Waals surface area contributed by atoms with E-state index >= 15 is 0 Å². The largest absolute Gasteiger partial charge is 0.468 e. The average molecular weight is 361 g/mol. The van der Waals surface area contributed by atoms with Crippen molar-refractivity contribution in [3.63, 3.8) is 0 Å². The van der Waals surface area contributed by atoms with Crippen LogP contribution in [0.3, 0.4) is 0 Å². The zero-order valence-electron chi connectivity index (χ0n) is 16.2. The van der Waals surface area contributed by atoms with Crippen LogP contribution in [-0.2, 0) is 25.4 Å². The summed E-state index contributed by atoms with van der Waals surface area (Å²) in [6.45, 7) is 12.9. The summed E-state index contributed by atoms with van der Waals surface area (Å²) in [6, 6.07) is 7.78. The SMILES string of the molecule is COC(=O)[C@]1(C(C)=O)C=C1c1ccccc1CO[Si](C)(C)C(C)(C)C. The van der Waals surface area contributed by atoms with Crippen molar-refractivity contribution in [2.75, 3.05) is 7.11 Å². The summed E-state index contributed by atoms with van der Waals surface area (Å²) in [7, 11) is -0.580. The molecule has 0 aliphatic heterocycles. The number of Topliss-reactive ketones (excluding diaryl/α,β-unsaturated/α-hetero) is 1. The van der Waals surface area contributed by atoms with Gasteiger partial charge in [0.2, 0.25) is 0 Å². The summed E-state index contributed by atoms with van der Waals surface area (Å²) in [4.78, 5) is 24.3. The summed E-state index contributed by atoms with van der Waals surface area (Å²) in [6.07, 6.45) is 1.70. The third kappa shape index (κ3) is 3.48. The highest BCUT2D eigenvalue weighted by Gasteiger charge is 2.57. The Morgan fingerprint density at radius 2 is 1.76 bits per heavy atom. The van der Waals surface area contributed by atoms with Crippen LogP contribution in [-0.4, -0.2) is 27.2 Å². The van der Waals surface area contributed by atoms with Crippen molar-refractivity contribution in [2.45, 2.75) is 52.4 Å². The zero-order valence-corrected chi connectivity index (χ0v) is 17.2. The average Bonchev–Trinajstić information content (AvgIpc) is 3.28. The molecular weight excluding hydrogens is 332 g/mol. The van der Waals surface area contributed by atoms with Gasteiger partial charge in [0.1, 0.15) is 0 Å². The van der Waals surface area contributed by atoms with E-state index in [0.29, 0.717) is 6.61 Å². The van der Waals surface area contributed by atoms with E-state index in [4.69, 9.17) is 9.16 Å². The van der Waals surface area contributed by atoms with E-state index in [9.17, 15) is 9.59 Å². The Balaban J connectivity index is 2.28.